The van der Waals surface area contributed by atoms with Crippen LogP contribution in [-0.2, 0) is 14.3 Å². The maximum Gasteiger partial charge on any atom is 0.305 e. The quantitative estimate of drug-likeness (QED) is 0.772. The van der Waals surface area contributed by atoms with E-state index in [2.05, 4.69) is 10.1 Å². The maximum absolute atomic E-state index is 12.1. The van der Waals surface area contributed by atoms with E-state index >= 15 is 0 Å². The number of amides is 2. The van der Waals surface area contributed by atoms with Gasteiger partial charge in [0, 0.05) is 25.6 Å². The Kier molecular flexibility index (Phi) is 7.25. The zero-order valence-electron chi connectivity index (χ0n) is 14.1. The Morgan fingerprint density at radius 2 is 1.74 bits per heavy atom. The van der Waals surface area contributed by atoms with Crippen LogP contribution in [0.4, 0.5) is 0 Å². The molecule has 0 saturated heterocycles. The summed E-state index contributed by atoms with van der Waals surface area (Å²) in [5, 5.41) is 2.62. The highest BCUT2D eigenvalue weighted by molar-refractivity contribution is 5.96. The fourth-order valence-electron chi connectivity index (χ4n) is 2.19. The summed E-state index contributed by atoms with van der Waals surface area (Å²) in [5.74, 6) is -0.769. The molecule has 23 heavy (non-hydrogen) atoms. The Hall–Kier alpha value is -2.37. The van der Waals surface area contributed by atoms with Gasteiger partial charge in [0.2, 0.25) is 5.91 Å². The zero-order valence-corrected chi connectivity index (χ0v) is 14.1. The third-order valence-electron chi connectivity index (χ3n) is 3.41. The normalized spacial score (nSPS) is 10.1. The van der Waals surface area contributed by atoms with Gasteiger partial charge in [-0.3, -0.25) is 14.4 Å². The van der Waals surface area contributed by atoms with E-state index < -0.39 is 0 Å². The van der Waals surface area contributed by atoms with Gasteiger partial charge in [-0.15, -0.1) is 0 Å². The van der Waals surface area contributed by atoms with Gasteiger partial charge < -0.3 is 15.0 Å². The molecule has 0 saturated carbocycles. The van der Waals surface area contributed by atoms with Crippen LogP contribution in [-0.4, -0.2) is 49.9 Å². The van der Waals surface area contributed by atoms with Gasteiger partial charge in [-0.25, -0.2) is 0 Å². The molecular formula is C17H24N2O4. The molecule has 0 unspecified atom stereocenters. The van der Waals surface area contributed by atoms with Crippen molar-refractivity contribution in [3.63, 3.8) is 0 Å². The summed E-state index contributed by atoms with van der Waals surface area (Å²) in [7, 11) is 2.97. The Bertz CT molecular complexity index is 564. The average Bonchev–Trinajstić information content (AvgIpc) is 2.50. The highest BCUT2D eigenvalue weighted by atomic mass is 16.5. The number of hydrogen-bond acceptors (Lipinski definition) is 4. The Labute approximate surface area is 136 Å². The van der Waals surface area contributed by atoms with Gasteiger partial charge in [0.1, 0.15) is 0 Å². The first-order valence-electron chi connectivity index (χ1n) is 7.50. The minimum absolute atomic E-state index is 0.0689. The monoisotopic (exact) mass is 320 g/mol. The van der Waals surface area contributed by atoms with Crippen molar-refractivity contribution in [1.82, 2.24) is 10.2 Å². The summed E-state index contributed by atoms with van der Waals surface area (Å²) < 4.78 is 4.54. The molecule has 0 radical (unpaired) electrons. The number of ether oxygens (including phenoxy) is 1. The first-order valence-corrected chi connectivity index (χ1v) is 7.50. The Morgan fingerprint density at radius 1 is 1.13 bits per heavy atom. The summed E-state index contributed by atoms with van der Waals surface area (Å²) in [4.78, 5) is 36.5. The van der Waals surface area contributed by atoms with E-state index in [1.54, 1.807) is 19.2 Å². The molecule has 0 aliphatic rings. The summed E-state index contributed by atoms with van der Waals surface area (Å²) in [6.07, 6.45) is 0.795. The number of carbonyl (C=O) groups is 3. The summed E-state index contributed by atoms with van der Waals surface area (Å²) in [6, 6.07) is 5.55. The topological polar surface area (TPSA) is 75.7 Å². The molecule has 0 bridgehead atoms. The third-order valence-corrected chi connectivity index (χ3v) is 3.41. The van der Waals surface area contributed by atoms with E-state index in [0.29, 0.717) is 18.5 Å². The lowest BCUT2D eigenvalue weighted by atomic mass is 10.1. The van der Waals surface area contributed by atoms with Crippen LogP contribution in [0.5, 0.6) is 0 Å². The van der Waals surface area contributed by atoms with Crippen molar-refractivity contribution in [2.45, 2.75) is 26.7 Å². The van der Waals surface area contributed by atoms with Crippen molar-refractivity contribution in [3.05, 3.63) is 34.9 Å². The molecule has 1 aromatic rings. The van der Waals surface area contributed by atoms with Crippen LogP contribution in [0.1, 0.15) is 34.3 Å². The molecule has 0 aromatic heterocycles. The average molecular weight is 320 g/mol. The maximum atomic E-state index is 12.1. The van der Waals surface area contributed by atoms with Gasteiger partial charge in [-0.05, 0) is 32.4 Å². The molecule has 0 atom stereocenters. The number of benzene rings is 1. The second kappa shape index (κ2) is 8.92. The van der Waals surface area contributed by atoms with Crippen molar-refractivity contribution < 1.29 is 19.1 Å². The SMILES string of the molecule is COC(=O)CCCN(C)C(=O)CNC(=O)c1cc(C)cc(C)c1. The number of aryl methyl sites for hydroxylation is 2. The van der Waals surface area contributed by atoms with E-state index in [-0.39, 0.29) is 30.7 Å². The van der Waals surface area contributed by atoms with Gasteiger partial charge in [-0.2, -0.15) is 0 Å². The van der Waals surface area contributed by atoms with Crippen LogP contribution < -0.4 is 5.32 Å². The van der Waals surface area contributed by atoms with Crippen molar-refractivity contribution in [2.75, 3.05) is 27.2 Å². The molecule has 6 heteroatoms. The van der Waals surface area contributed by atoms with Crippen LogP contribution in [0.3, 0.4) is 0 Å². The molecule has 2 amide bonds. The fraction of sp³-hybridized carbons (Fsp3) is 0.471. The van der Waals surface area contributed by atoms with Crippen molar-refractivity contribution >= 4 is 17.8 Å². The molecule has 126 valence electrons. The van der Waals surface area contributed by atoms with Crippen molar-refractivity contribution in [1.29, 1.82) is 0 Å². The van der Waals surface area contributed by atoms with Gasteiger partial charge in [-0.1, -0.05) is 17.2 Å². The van der Waals surface area contributed by atoms with Gasteiger partial charge in [0.15, 0.2) is 0 Å². The van der Waals surface area contributed by atoms with Crippen LogP contribution in [0.2, 0.25) is 0 Å². The largest absolute Gasteiger partial charge is 0.469 e. The third kappa shape index (κ3) is 6.50. The molecular weight excluding hydrogens is 296 g/mol. The van der Waals surface area contributed by atoms with E-state index in [1.807, 2.05) is 19.9 Å². The number of methoxy groups -OCH3 is 1. The first-order chi connectivity index (χ1) is 10.8. The van der Waals surface area contributed by atoms with E-state index in [4.69, 9.17) is 0 Å². The Morgan fingerprint density at radius 3 is 2.30 bits per heavy atom. The highest BCUT2D eigenvalue weighted by Crippen LogP contribution is 2.08. The molecule has 1 rings (SSSR count). The Balaban J connectivity index is 2.42. The smallest absolute Gasteiger partial charge is 0.305 e. The summed E-state index contributed by atoms with van der Waals surface area (Å²) >= 11 is 0. The summed E-state index contributed by atoms with van der Waals surface area (Å²) in [5.41, 5.74) is 2.55. The second-order valence-corrected chi connectivity index (χ2v) is 5.55. The van der Waals surface area contributed by atoms with Crippen molar-refractivity contribution in [2.24, 2.45) is 0 Å². The lowest BCUT2D eigenvalue weighted by Crippen LogP contribution is -2.38. The number of likely N-dealkylation sites (N-methyl/N-ethyl adjacent to an activating group) is 1. The molecule has 0 aliphatic carbocycles. The van der Waals surface area contributed by atoms with Crippen LogP contribution in [0, 0.1) is 13.8 Å². The molecule has 0 spiro atoms. The minimum Gasteiger partial charge on any atom is -0.469 e. The highest BCUT2D eigenvalue weighted by Gasteiger charge is 2.12. The molecule has 0 heterocycles. The van der Waals surface area contributed by atoms with Gasteiger partial charge >= 0.3 is 5.97 Å². The lowest BCUT2D eigenvalue weighted by Gasteiger charge is -2.17. The van der Waals surface area contributed by atoms with E-state index in [9.17, 15) is 14.4 Å². The lowest BCUT2D eigenvalue weighted by molar-refractivity contribution is -0.141. The van der Waals surface area contributed by atoms with Crippen LogP contribution in [0.25, 0.3) is 0 Å². The van der Waals surface area contributed by atoms with Crippen molar-refractivity contribution in [3.8, 4) is 0 Å². The number of rotatable bonds is 7. The predicted octanol–water partition coefficient (Wildman–Crippen LogP) is 1.44. The predicted molar refractivity (Wildman–Crippen MR) is 87.1 cm³/mol. The molecule has 0 aliphatic heterocycles. The molecule has 6 nitrogen and oxygen atoms in total. The number of carbonyl (C=O) groups excluding carboxylic acids is 3. The zero-order chi connectivity index (χ0) is 17.4. The van der Waals surface area contributed by atoms with Gasteiger partial charge in [0.25, 0.3) is 5.91 Å². The number of hydrogen-bond donors (Lipinski definition) is 1. The molecule has 0 fully saturated rings. The van der Waals surface area contributed by atoms with Gasteiger partial charge in [0.05, 0.1) is 13.7 Å². The molecule has 1 N–H and O–H groups in total. The minimum atomic E-state index is -0.297. The number of esters is 1. The number of nitrogens with zero attached hydrogens (tertiary/aromatic N) is 1. The second-order valence-electron chi connectivity index (χ2n) is 5.55. The van der Waals surface area contributed by atoms with E-state index in [1.165, 1.54) is 12.0 Å². The van der Waals surface area contributed by atoms with Crippen LogP contribution >= 0.6 is 0 Å². The molecule has 1 aromatic carbocycles. The fourth-order valence-corrected chi connectivity index (χ4v) is 2.19. The first kappa shape index (κ1) is 18.7. The number of nitrogens with one attached hydrogen (secondary N) is 1. The summed E-state index contributed by atoms with van der Waals surface area (Å²) in [6.45, 7) is 4.21. The van der Waals surface area contributed by atoms with Crippen LogP contribution in [0.15, 0.2) is 18.2 Å². The van der Waals surface area contributed by atoms with E-state index in [0.717, 1.165) is 11.1 Å². The standard InChI is InChI=1S/C17H24N2O4/c1-12-8-13(2)10-14(9-12)17(22)18-11-15(20)19(3)7-5-6-16(21)23-4/h8-10H,5-7,11H2,1-4H3,(H,18,22).